The summed E-state index contributed by atoms with van der Waals surface area (Å²) in [5.41, 5.74) is -0.370. The molecule has 2 rings (SSSR count). The zero-order chi connectivity index (χ0) is 16.5. The molecule has 0 N–H and O–H groups in total. The Balaban J connectivity index is 2.22. The van der Waals surface area contributed by atoms with Crippen molar-refractivity contribution < 1.29 is 13.7 Å². The van der Waals surface area contributed by atoms with Crippen LogP contribution >= 0.6 is 0 Å². The predicted molar refractivity (Wildman–Crippen MR) is 85.5 cm³/mol. The van der Waals surface area contributed by atoms with Crippen LogP contribution in [-0.4, -0.2) is 28.1 Å². The molecule has 0 bridgehead atoms. The van der Waals surface area contributed by atoms with Crippen LogP contribution in [0.4, 0.5) is 4.39 Å². The Morgan fingerprint density at radius 1 is 1.32 bits per heavy atom. The van der Waals surface area contributed by atoms with Crippen molar-refractivity contribution in [2.24, 2.45) is 0 Å². The van der Waals surface area contributed by atoms with Gasteiger partial charge in [-0.05, 0) is 47.1 Å². The molecule has 0 saturated carbocycles. The Kier molecular flexibility index (Phi) is 4.50. The lowest BCUT2D eigenvalue weighted by Gasteiger charge is -2.32. The minimum Gasteiger partial charge on any atom is -0.398 e. The summed E-state index contributed by atoms with van der Waals surface area (Å²) in [5.74, 6) is 5.72. The summed E-state index contributed by atoms with van der Waals surface area (Å²) in [7, 11) is -0.983. The van der Waals surface area contributed by atoms with Crippen LogP contribution in [0.3, 0.4) is 0 Å². The molecule has 2 heterocycles. The van der Waals surface area contributed by atoms with Crippen LogP contribution in [-0.2, 0) is 15.9 Å². The summed E-state index contributed by atoms with van der Waals surface area (Å²) in [6, 6.07) is 0. The standard InChI is InChI=1S/C16H22BFN2O2/c1-7-8-9-20-11-13(10-19-20)12(2)14(18)17-21-15(3,4)16(5,6)22-17/h10-11H,9H2,1-6H3. The van der Waals surface area contributed by atoms with Gasteiger partial charge in [0.05, 0.1) is 17.4 Å². The fourth-order valence-electron chi connectivity index (χ4n) is 2.06. The van der Waals surface area contributed by atoms with Crippen LogP contribution in [0.25, 0.3) is 5.57 Å². The van der Waals surface area contributed by atoms with Gasteiger partial charge in [-0.15, -0.1) is 5.92 Å². The van der Waals surface area contributed by atoms with Gasteiger partial charge in [0.25, 0.3) is 0 Å². The lowest BCUT2D eigenvalue weighted by Crippen LogP contribution is -2.41. The number of hydrogen-bond donors (Lipinski definition) is 0. The molecule has 4 nitrogen and oxygen atoms in total. The third-order valence-corrected chi connectivity index (χ3v) is 4.30. The van der Waals surface area contributed by atoms with Gasteiger partial charge < -0.3 is 9.31 Å². The Morgan fingerprint density at radius 2 is 1.91 bits per heavy atom. The molecule has 0 atom stereocenters. The molecule has 1 aliphatic rings. The smallest absolute Gasteiger partial charge is 0.398 e. The second-order valence-corrected chi connectivity index (χ2v) is 6.41. The van der Waals surface area contributed by atoms with E-state index in [-0.39, 0.29) is 0 Å². The quantitative estimate of drug-likeness (QED) is 0.635. The number of halogens is 1. The lowest BCUT2D eigenvalue weighted by atomic mass is 9.84. The van der Waals surface area contributed by atoms with Gasteiger partial charge in [-0.2, -0.15) is 5.10 Å². The highest BCUT2D eigenvalue weighted by Crippen LogP contribution is 2.40. The van der Waals surface area contributed by atoms with Crippen molar-refractivity contribution in [2.45, 2.75) is 59.3 Å². The molecule has 1 fully saturated rings. The minimum absolute atomic E-state index is 0.417. The van der Waals surface area contributed by atoms with Crippen molar-refractivity contribution in [3.8, 4) is 11.8 Å². The summed E-state index contributed by atoms with van der Waals surface area (Å²) in [6.07, 6.45) is 3.39. The van der Waals surface area contributed by atoms with Gasteiger partial charge >= 0.3 is 7.12 Å². The number of hydrogen-bond acceptors (Lipinski definition) is 3. The lowest BCUT2D eigenvalue weighted by molar-refractivity contribution is 0.00578. The monoisotopic (exact) mass is 304 g/mol. The molecular formula is C16H22BFN2O2. The van der Waals surface area contributed by atoms with E-state index in [4.69, 9.17) is 9.31 Å². The van der Waals surface area contributed by atoms with Crippen LogP contribution in [0.5, 0.6) is 0 Å². The van der Waals surface area contributed by atoms with Crippen molar-refractivity contribution >= 4 is 12.7 Å². The molecule has 1 aromatic heterocycles. The van der Waals surface area contributed by atoms with E-state index >= 15 is 0 Å². The maximum Gasteiger partial charge on any atom is 0.525 e. The second kappa shape index (κ2) is 5.90. The predicted octanol–water partition coefficient (Wildman–Crippen LogP) is 3.24. The Labute approximate surface area is 131 Å². The minimum atomic E-state index is -0.983. The number of allylic oxidation sites excluding steroid dienone is 1. The third-order valence-electron chi connectivity index (χ3n) is 4.30. The summed E-state index contributed by atoms with van der Waals surface area (Å²) in [4.78, 5) is 0. The van der Waals surface area contributed by atoms with Crippen LogP contribution in [0.1, 0.15) is 47.1 Å². The molecule has 6 heteroatoms. The summed E-state index contributed by atoms with van der Waals surface area (Å²) in [5, 5.41) is 4.17. The molecular weight excluding hydrogens is 282 g/mol. The molecule has 0 unspecified atom stereocenters. The SMILES string of the molecule is CC#CCn1cc(C(C)=C(F)B2OC(C)(C)C(C)(C)O2)cn1. The van der Waals surface area contributed by atoms with Crippen molar-refractivity contribution in [1.82, 2.24) is 9.78 Å². The van der Waals surface area contributed by atoms with Gasteiger partial charge in [0, 0.05) is 11.8 Å². The van der Waals surface area contributed by atoms with Gasteiger partial charge in [0.2, 0.25) is 0 Å². The zero-order valence-electron chi connectivity index (χ0n) is 14.0. The van der Waals surface area contributed by atoms with Gasteiger partial charge in [0.1, 0.15) is 12.3 Å². The van der Waals surface area contributed by atoms with Crippen LogP contribution < -0.4 is 0 Å². The topological polar surface area (TPSA) is 36.3 Å². The molecule has 0 radical (unpaired) electrons. The van der Waals surface area contributed by atoms with E-state index in [2.05, 4.69) is 16.9 Å². The number of rotatable bonds is 3. The molecule has 1 aromatic rings. The molecule has 118 valence electrons. The first kappa shape index (κ1) is 16.8. The number of nitrogens with zero attached hydrogens (tertiary/aromatic N) is 2. The first-order chi connectivity index (χ1) is 10.2. The molecule has 1 saturated heterocycles. The normalized spacial score (nSPS) is 20.4. The fourth-order valence-corrected chi connectivity index (χ4v) is 2.06. The first-order valence-corrected chi connectivity index (χ1v) is 7.32. The first-order valence-electron chi connectivity index (χ1n) is 7.32. The average molecular weight is 304 g/mol. The molecule has 0 spiro atoms. The Bertz CT molecular complexity index is 637. The maximum atomic E-state index is 14.7. The van der Waals surface area contributed by atoms with E-state index in [1.807, 2.05) is 27.7 Å². The van der Waals surface area contributed by atoms with Crippen molar-refractivity contribution in [3.05, 3.63) is 23.7 Å². The maximum absolute atomic E-state index is 14.7. The van der Waals surface area contributed by atoms with Gasteiger partial charge in [-0.3, -0.25) is 4.68 Å². The highest BCUT2D eigenvalue weighted by molar-refractivity contribution is 6.55. The zero-order valence-corrected chi connectivity index (χ0v) is 14.0. The van der Waals surface area contributed by atoms with Gasteiger partial charge in [0.15, 0.2) is 0 Å². The van der Waals surface area contributed by atoms with E-state index in [0.29, 0.717) is 17.7 Å². The highest BCUT2D eigenvalue weighted by atomic mass is 19.1. The fraction of sp³-hybridized carbons (Fsp3) is 0.562. The molecule has 1 aliphatic heterocycles. The molecule has 0 aliphatic carbocycles. The van der Waals surface area contributed by atoms with Crippen molar-refractivity contribution in [1.29, 1.82) is 0 Å². The molecule has 0 aromatic carbocycles. The van der Waals surface area contributed by atoms with Gasteiger partial charge in [-0.1, -0.05) is 5.92 Å². The molecule has 22 heavy (non-hydrogen) atoms. The van der Waals surface area contributed by atoms with Crippen molar-refractivity contribution in [3.63, 3.8) is 0 Å². The summed E-state index contributed by atoms with van der Waals surface area (Å²) >= 11 is 0. The van der Waals surface area contributed by atoms with Crippen LogP contribution in [0.15, 0.2) is 18.1 Å². The second-order valence-electron chi connectivity index (χ2n) is 6.41. The third kappa shape index (κ3) is 3.11. The summed E-state index contributed by atoms with van der Waals surface area (Å²) in [6.45, 7) is 11.6. The van der Waals surface area contributed by atoms with Crippen LogP contribution in [0, 0.1) is 11.8 Å². The number of aromatic nitrogens is 2. The summed E-state index contributed by atoms with van der Waals surface area (Å²) < 4.78 is 27.8. The largest absolute Gasteiger partial charge is 0.525 e. The molecule has 0 amide bonds. The highest BCUT2D eigenvalue weighted by Gasteiger charge is 2.53. The van der Waals surface area contributed by atoms with E-state index in [9.17, 15) is 4.39 Å². The average Bonchev–Trinajstić information content (AvgIpc) is 2.98. The Hall–Kier alpha value is -1.58. The van der Waals surface area contributed by atoms with E-state index in [1.165, 1.54) is 0 Å². The van der Waals surface area contributed by atoms with Crippen molar-refractivity contribution in [2.75, 3.05) is 0 Å². The Morgan fingerprint density at radius 3 is 2.45 bits per heavy atom. The van der Waals surface area contributed by atoms with Crippen LogP contribution in [0.2, 0.25) is 0 Å². The van der Waals surface area contributed by atoms with E-state index < -0.39 is 24.0 Å². The van der Waals surface area contributed by atoms with Gasteiger partial charge in [-0.25, -0.2) is 4.39 Å². The van der Waals surface area contributed by atoms with E-state index in [0.717, 1.165) is 0 Å². The van der Waals surface area contributed by atoms with E-state index in [1.54, 1.807) is 30.9 Å².